The van der Waals surface area contributed by atoms with E-state index in [4.69, 9.17) is 0 Å². The topological polar surface area (TPSA) is 37.4 Å². The van der Waals surface area contributed by atoms with Crippen LogP contribution in [0.4, 0.5) is 0 Å². The summed E-state index contributed by atoms with van der Waals surface area (Å²) in [6, 6.07) is 11.2. The minimum absolute atomic E-state index is 0.362. The average Bonchev–Trinajstić information content (AvgIpc) is 2.88. The first-order valence-corrected chi connectivity index (χ1v) is 9.28. The van der Waals surface area contributed by atoms with Gasteiger partial charge in [-0.25, -0.2) is 8.42 Å². The zero-order valence-electron chi connectivity index (χ0n) is 11.3. The molecule has 0 atom stereocenters. The molecule has 0 saturated heterocycles. The van der Waals surface area contributed by atoms with Crippen molar-refractivity contribution in [3.8, 4) is 0 Å². The highest BCUT2D eigenvalue weighted by molar-refractivity contribution is 9.10. The van der Waals surface area contributed by atoms with Crippen molar-refractivity contribution >= 4 is 37.3 Å². The standard InChI is InChI=1S/C14H16BrNO2S2/c1-3-13-7-8-14(19-13)20(17,18)16(2)10-11-5-4-6-12(15)9-11/h4-9H,3,10H2,1-2H3. The monoisotopic (exact) mass is 373 g/mol. The van der Waals surface area contributed by atoms with Crippen LogP contribution in [0.1, 0.15) is 17.4 Å². The molecular formula is C14H16BrNO2S2. The van der Waals surface area contributed by atoms with Crippen LogP contribution in [0.15, 0.2) is 45.1 Å². The third kappa shape index (κ3) is 3.49. The minimum Gasteiger partial charge on any atom is -0.206 e. The number of thiophene rings is 1. The van der Waals surface area contributed by atoms with Crippen molar-refractivity contribution in [1.82, 2.24) is 4.31 Å². The van der Waals surface area contributed by atoms with E-state index in [-0.39, 0.29) is 0 Å². The van der Waals surface area contributed by atoms with Crippen LogP contribution in [0, 0.1) is 0 Å². The van der Waals surface area contributed by atoms with Gasteiger partial charge in [-0.05, 0) is 36.2 Å². The Balaban J connectivity index is 2.21. The Morgan fingerprint density at radius 1 is 1.25 bits per heavy atom. The number of hydrogen-bond donors (Lipinski definition) is 0. The van der Waals surface area contributed by atoms with Crippen molar-refractivity contribution < 1.29 is 8.42 Å². The van der Waals surface area contributed by atoms with Crippen molar-refractivity contribution in [3.63, 3.8) is 0 Å². The van der Waals surface area contributed by atoms with Gasteiger partial charge < -0.3 is 0 Å². The van der Waals surface area contributed by atoms with Crippen LogP contribution < -0.4 is 0 Å². The summed E-state index contributed by atoms with van der Waals surface area (Å²) in [4.78, 5) is 1.08. The molecule has 20 heavy (non-hydrogen) atoms. The summed E-state index contributed by atoms with van der Waals surface area (Å²) in [5.41, 5.74) is 0.956. The molecular weight excluding hydrogens is 358 g/mol. The summed E-state index contributed by atoms with van der Waals surface area (Å²) in [6.45, 7) is 2.38. The Morgan fingerprint density at radius 3 is 2.60 bits per heavy atom. The lowest BCUT2D eigenvalue weighted by Crippen LogP contribution is -2.25. The van der Waals surface area contributed by atoms with E-state index in [1.807, 2.05) is 37.3 Å². The summed E-state index contributed by atoms with van der Waals surface area (Å²) in [7, 11) is -1.79. The number of sulfonamides is 1. The van der Waals surface area contributed by atoms with Crippen LogP contribution in [-0.4, -0.2) is 19.8 Å². The largest absolute Gasteiger partial charge is 0.252 e. The molecule has 0 aliphatic heterocycles. The van der Waals surface area contributed by atoms with Gasteiger partial charge in [0.25, 0.3) is 10.0 Å². The third-order valence-corrected chi connectivity index (χ3v) is 6.94. The van der Waals surface area contributed by atoms with Gasteiger partial charge in [0.05, 0.1) is 0 Å². The van der Waals surface area contributed by atoms with Gasteiger partial charge in [0, 0.05) is 22.9 Å². The van der Waals surface area contributed by atoms with Gasteiger partial charge in [-0.3, -0.25) is 0 Å². The molecule has 1 aromatic heterocycles. The number of hydrogen-bond acceptors (Lipinski definition) is 3. The SMILES string of the molecule is CCc1ccc(S(=O)(=O)N(C)Cc2cccc(Br)c2)s1. The second-order valence-corrected chi connectivity index (χ2v) is 8.82. The fourth-order valence-corrected chi connectivity index (χ4v) is 4.93. The Bertz CT molecular complexity index is 695. The maximum atomic E-state index is 12.5. The molecule has 0 radical (unpaired) electrons. The number of benzene rings is 1. The summed E-state index contributed by atoms with van der Waals surface area (Å²) in [5.74, 6) is 0. The van der Waals surface area contributed by atoms with Gasteiger partial charge in [0.1, 0.15) is 4.21 Å². The lowest BCUT2D eigenvalue weighted by molar-refractivity contribution is 0.468. The van der Waals surface area contributed by atoms with Gasteiger partial charge in [0.15, 0.2) is 0 Å². The summed E-state index contributed by atoms with van der Waals surface area (Å²) in [6.07, 6.45) is 0.857. The van der Waals surface area contributed by atoms with E-state index in [2.05, 4.69) is 15.9 Å². The average molecular weight is 374 g/mol. The predicted molar refractivity (Wildman–Crippen MR) is 86.5 cm³/mol. The van der Waals surface area contributed by atoms with Crippen molar-refractivity contribution in [1.29, 1.82) is 0 Å². The van der Waals surface area contributed by atoms with E-state index in [0.29, 0.717) is 10.8 Å². The molecule has 0 bridgehead atoms. The van der Waals surface area contributed by atoms with Gasteiger partial charge in [-0.15, -0.1) is 11.3 Å². The van der Waals surface area contributed by atoms with E-state index in [1.54, 1.807) is 13.1 Å². The van der Waals surface area contributed by atoms with Crippen molar-refractivity contribution in [2.75, 3.05) is 7.05 Å². The second kappa shape index (κ2) is 6.39. The minimum atomic E-state index is -3.40. The van der Waals surface area contributed by atoms with Crippen LogP contribution in [0.3, 0.4) is 0 Å². The molecule has 6 heteroatoms. The van der Waals surface area contributed by atoms with Gasteiger partial charge in [0.2, 0.25) is 0 Å². The highest BCUT2D eigenvalue weighted by Crippen LogP contribution is 2.25. The molecule has 3 nitrogen and oxygen atoms in total. The number of nitrogens with zero attached hydrogens (tertiary/aromatic N) is 1. The van der Waals surface area contributed by atoms with Crippen LogP contribution in [-0.2, 0) is 23.0 Å². The Labute approximate surface area is 132 Å². The number of aryl methyl sites for hydroxylation is 1. The maximum Gasteiger partial charge on any atom is 0.252 e. The van der Waals surface area contributed by atoms with Crippen LogP contribution in [0.5, 0.6) is 0 Å². The van der Waals surface area contributed by atoms with Crippen LogP contribution >= 0.6 is 27.3 Å². The molecule has 0 amide bonds. The van der Waals surface area contributed by atoms with Crippen molar-refractivity contribution in [2.45, 2.75) is 24.1 Å². The van der Waals surface area contributed by atoms with Gasteiger partial charge in [-0.1, -0.05) is 35.0 Å². The Kier molecular flexibility index (Phi) is 5.01. The molecule has 1 aromatic carbocycles. The molecule has 0 N–H and O–H groups in total. The van der Waals surface area contributed by atoms with Gasteiger partial charge in [-0.2, -0.15) is 4.31 Å². The molecule has 2 rings (SSSR count). The maximum absolute atomic E-state index is 12.5. The molecule has 0 fully saturated rings. The quantitative estimate of drug-likeness (QED) is 0.796. The third-order valence-electron chi connectivity index (χ3n) is 2.94. The van der Waals surface area contributed by atoms with E-state index in [9.17, 15) is 8.42 Å². The van der Waals surface area contributed by atoms with E-state index < -0.39 is 10.0 Å². The van der Waals surface area contributed by atoms with Crippen molar-refractivity contribution in [3.05, 3.63) is 51.3 Å². The Hall–Kier alpha value is -0.690. The first-order chi connectivity index (χ1) is 9.43. The first-order valence-electron chi connectivity index (χ1n) is 6.23. The lowest BCUT2D eigenvalue weighted by atomic mass is 10.2. The van der Waals surface area contributed by atoms with E-state index in [0.717, 1.165) is 21.3 Å². The zero-order chi connectivity index (χ0) is 14.8. The fourth-order valence-electron chi connectivity index (χ4n) is 1.82. The second-order valence-electron chi connectivity index (χ2n) is 4.47. The van der Waals surface area contributed by atoms with Crippen LogP contribution in [0.2, 0.25) is 0 Å². The molecule has 2 aromatic rings. The first kappa shape index (κ1) is 15.7. The Morgan fingerprint density at radius 2 is 2.00 bits per heavy atom. The molecule has 1 heterocycles. The lowest BCUT2D eigenvalue weighted by Gasteiger charge is -2.16. The highest BCUT2D eigenvalue weighted by Gasteiger charge is 2.22. The molecule has 0 unspecified atom stereocenters. The molecule has 108 valence electrons. The van der Waals surface area contributed by atoms with Gasteiger partial charge >= 0.3 is 0 Å². The number of rotatable bonds is 5. The zero-order valence-corrected chi connectivity index (χ0v) is 14.6. The summed E-state index contributed by atoms with van der Waals surface area (Å²) < 4.78 is 27.7. The highest BCUT2D eigenvalue weighted by atomic mass is 79.9. The number of halogens is 1. The molecule has 0 aliphatic rings. The van der Waals surface area contributed by atoms with Crippen molar-refractivity contribution in [2.24, 2.45) is 0 Å². The molecule has 0 aliphatic carbocycles. The predicted octanol–water partition coefficient (Wildman–Crippen LogP) is 3.89. The summed E-state index contributed by atoms with van der Waals surface area (Å²) >= 11 is 4.74. The van der Waals surface area contributed by atoms with Crippen LogP contribution in [0.25, 0.3) is 0 Å². The normalized spacial score (nSPS) is 12.0. The fraction of sp³-hybridized carbons (Fsp3) is 0.286. The van der Waals surface area contributed by atoms with E-state index >= 15 is 0 Å². The molecule has 0 saturated carbocycles. The smallest absolute Gasteiger partial charge is 0.206 e. The summed E-state index contributed by atoms with van der Waals surface area (Å²) in [5, 5.41) is 0. The van der Waals surface area contributed by atoms with E-state index in [1.165, 1.54) is 15.6 Å². The molecule has 0 spiro atoms.